The highest BCUT2D eigenvalue weighted by atomic mass is 19.1. The second-order valence-electron chi connectivity index (χ2n) is 3.55. The van der Waals surface area contributed by atoms with Crippen molar-refractivity contribution >= 4 is 0 Å². The van der Waals surface area contributed by atoms with E-state index >= 15 is 0 Å². The number of hydrogen-bond acceptors (Lipinski definition) is 3. The van der Waals surface area contributed by atoms with Crippen molar-refractivity contribution in [1.29, 1.82) is 0 Å². The van der Waals surface area contributed by atoms with Crippen molar-refractivity contribution in [1.82, 2.24) is 5.43 Å². The lowest BCUT2D eigenvalue weighted by Crippen LogP contribution is -2.30. The molecule has 4 heteroatoms. The number of hydrogen-bond donors (Lipinski definition) is 2. The summed E-state index contributed by atoms with van der Waals surface area (Å²) in [5.74, 6) is 5.21. The van der Waals surface area contributed by atoms with Gasteiger partial charge in [0.15, 0.2) is 0 Å². The number of hydrazine groups is 1. The molecule has 0 saturated heterocycles. The fourth-order valence-electron chi connectivity index (χ4n) is 1.42. The zero-order valence-corrected chi connectivity index (χ0v) is 9.03. The highest BCUT2D eigenvalue weighted by Crippen LogP contribution is 2.18. The molecular weight excluding hydrogens is 195 g/mol. The minimum absolute atomic E-state index is 0.0134. The van der Waals surface area contributed by atoms with Crippen LogP contribution in [0.1, 0.15) is 24.9 Å². The highest BCUT2D eigenvalue weighted by Gasteiger charge is 2.13. The number of halogens is 1. The normalized spacial score (nSPS) is 14.9. The first-order chi connectivity index (χ1) is 7.17. The van der Waals surface area contributed by atoms with E-state index in [4.69, 9.17) is 10.6 Å². The molecule has 0 spiro atoms. The lowest BCUT2D eigenvalue weighted by atomic mass is 10.0. The maximum absolute atomic E-state index is 12.7. The Kier molecular flexibility index (Phi) is 4.68. The molecule has 84 valence electrons. The maximum atomic E-state index is 12.7. The Hall–Kier alpha value is -0.970. The third-order valence-corrected chi connectivity index (χ3v) is 2.44. The molecule has 0 aliphatic rings. The van der Waals surface area contributed by atoms with E-state index in [0.717, 1.165) is 12.0 Å². The van der Waals surface area contributed by atoms with E-state index in [0.29, 0.717) is 0 Å². The summed E-state index contributed by atoms with van der Waals surface area (Å²) < 4.78 is 17.9. The van der Waals surface area contributed by atoms with Gasteiger partial charge in [-0.05, 0) is 31.0 Å². The summed E-state index contributed by atoms with van der Waals surface area (Å²) in [5, 5.41) is 0. The predicted molar refractivity (Wildman–Crippen MR) is 57.6 cm³/mol. The van der Waals surface area contributed by atoms with Gasteiger partial charge >= 0.3 is 0 Å². The molecule has 0 saturated carbocycles. The molecule has 15 heavy (non-hydrogen) atoms. The van der Waals surface area contributed by atoms with Crippen LogP contribution in [0.15, 0.2) is 24.3 Å². The number of methoxy groups -OCH3 is 1. The fraction of sp³-hybridized carbons (Fsp3) is 0.455. The zero-order valence-electron chi connectivity index (χ0n) is 9.03. The van der Waals surface area contributed by atoms with Crippen LogP contribution in [-0.2, 0) is 4.74 Å². The van der Waals surface area contributed by atoms with Crippen molar-refractivity contribution in [2.24, 2.45) is 5.84 Å². The topological polar surface area (TPSA) is 47.3 Å². The number of nitrogens with two attached hydrogens (primary N) is 1. The molecule has 1 rings (SSSR count). The van der Waals surface area contributed by atoms with Gasteiger partial charge in [0.05, 0.1) is 6.10 Å². The Balaban J connectivity index is 2.69. The van der Waals surface area contributed by atoms with Gasteiger partial charge in [-0.2, -0.15) is 0 Å². The summed E-state index contributed by atoms with van der Waals surface area (Å²) >= 11 is 0. The molecule has 3 N–H and O–H groups in total. The van der Waals surface area contributed by atoms with E-state index in [-0.39, 0.29) is 18.0 Å². The molecule has 0 radical (unpaired) electrons. The van der Waals surface area contributed by atoms with Crippen LogP contribution in [0.25, 0.3) is 0 Å². The van der Waals surface area contributed by atoms with Gasteiger partial charge in [0.2, 0.25) is 0 Å². The van der Waals surface area contributed by atoms with Crippen molar-refractivity contribution in [3.8, 4) is 0 Å². The number of benzene rings is 1. The summed E-state index contributed by atoms with van der Waals surface area (Å²) in [5.41, 5.74) is 3.66. The summed E-state index contributed by atoms with van der Waals surface area (Å²) in [4.78, 5) is 0. The minimum atomic E-state index is -0.241. The first-order valence-electron chi connectivity index (χ1n) is 4.91. The molecule has 0 bridgehead atoms. The van der Waals surface area contributed by atoms with Crippen LogP contribution in [0, 0.1) is 5.82 Å². The monoisotopic (exact) mass is 212 g/mol. The summed E-state index contributed by atoms with van der Waals surface area (Å²) in [6.45, 7) is 1.97. The lowest BCUT2D eigenvalue weighted by molar-refractivity contribution is 0.100. The number of ether oxygens (including phenoxy) is 1. The molecule has 0 fully saturated rings. The molecule has 0 aliphatic heterocycles. The number of nitrogens with one attached hydrogen (secondary N) is 1. The lowest BCUT2D eigenvalue weighted by Gasteiger charge is -2.19. The van der Waals surface area contributed by atoms with Crippen LogP contribution >= 0.6 is 0 Å². The Morgan fingerprint density at radius 3 is 2.47 bits per heavy atom. The van der Waals surface area contributed by atoms with Gasteiger partial charge in [-0.15, -0.1) is 0 Å². The van der Waals surface area contributed by atoms with E-state index in [2.05, 4.69) is 5.43 Å². The molecule has 0 aromatic heterocycles. The first-order valence-corrected chi connectivity index (χ1v) is 4.91. The Bertz CT molecular complexity index is 289. The van der Waals surface area contributed by atoms with Gasteiger partial charge in [-0.25, -0.2) is 4.39 Å². The van der Waals surface area contributed by atoms with Crippen LogP contribution in [0.4, 0.5) is 4.39 Å². The van der Waals surface area contributed by atoms with E-state index in [9.17, 15) is 4.39 Å². The molecule has 1 aromatic rings. The summed E-state index contributed by atoms with van der Waals surface area (Å²) in [7, 11) is 1.66. The van der Waals surface area contributed by atoms with Gasteiger partial charge in [-0.1, -0.05) is 12.1 Å². The average Bonchev–Trinajstić information content (AvgIpc) is 2.27. The third-order valence-electron chi connectivity index (χ3n) is 2.44. The van der Waals surface area contributed by atoms with Gasteiger partial charge in [-0.3, -0.25) is 11.3 Å². The zero-order chi connectivity index (χ0) is 11.3. The van der Waals surface area contributed by atoms with Gasteiger partial charge in [0, 0.05) is 13.2 Å². The van der Waals surface area contributed by atoms with E-state index in [1.807, 2.05) is 6.92 Å². The largest absolute Gasteiger partial charge is 0.382 e. The third kappa shape index (κ3) is 3.58. The molecule has 0 aliphatic carbocycles. The van der Waals surface area contributed by atoms with Crippen molar-refractivity contribution in [3.05, 3.63) is 35.6 Å². The Morgan fingerprint density at radius 1 is 1.40 bits per heavy atom. The smallest absolute Gasteiger partial charge is 0.123 e. The van der Waals surface area contributed by atoms with Crippen LogP contribution in [0.2, 0.25) is 0 Å². The van der Waals surface area contributed by atoms with Crippen LogP contribution in [0.3, 0.4) is 0 Å². The molecule has 1 aromatic carbocycles. The van der Waals surface area contributed by atoms with Crippen LogP contribution < -0.4 is 11.3 Å². The minimum Gasteiger partial charge on any atom is -0.382 e. The van der Waals surface area contributed by atoms with Crippen molar-refractivity contribution in [2.75, 3.05) is 7.11 Å². The second-order valence-corrected chi connectivity index (χ2v) is 3.55. The van der Waals surface area contributed by atoms with Gasteiger partial charge < -0.3 is 4.74 Å². The van der Waals surface area contributed by atoms with Gasteiger partial charge in [0.25, 0.3) is 0 Å². The molecular formula is C11H17FN2O. The Labute approximate surface area is 89.4 Å². The summed E-state index contributed by atoms with van der Waals surface area (Å²) in [6.07, 6.45) is 0.856. The van der Waals surface area contributed by atoms with E-state index in [1.165, 1.54) is 12.1 Å². The second kappa shape index (κ2) is 5.80. The van der Waals surface area contributed by atoms with E-state index in [1.54, 1.807) is 19.2 Å². The molecule has 0 heterocycles. The standard InChI is InChI=1S/C11H17FN2O/c1-8(15-2)7-11(14-13)9-3-5-10(12)6-4-9/h3-6,8,11,14H,7,13H2,1-2H3. The quantitative estimate of drug-likeness (QED) is 0.577. The molecule has 0 amide bonds. The molecule has 2 unspecified atom stereocenters. The maximum Gasteiger partial charge on any atom is 0.123 e. The average molecular weight is 212 g/mol. The fourth-order valence-corrected chi connectivity index (χ4v) is 1.42. The van der Waals surface area contributed by atoms with Gasteiger partial charge in [0.1, 0.15) is 5.82 Å². The predicted octanol–water partition coefficient (Wildman–Crippen LogP) is 1.76. The van der Waals surface area contributed by atoms with Crippen LogP contribution in [0.5, 0.6) is 0 Å². The first kappa shape index (κ1) is 12.1. The van der Waals surface area contributed by atoms with E-state index < -0.39 is 0 Å². The van der Waals surface area contributed by atoms with Crippen molar-refractivity contribution in [2.45, 2.75) is 25.5 Å². The highest BCUT2D eigenvalue weighted by molar-refractivity contribution is 5.19. The van der Waals surface area contributed by atoms with Crippen LogP contribution in [-0.4, -0.2) is 13.2 Å². The summed E-state index contributed by atoms with van der Waals surface area (Å²) in [6, 6.07) is 6.29. The SMILES string of the molecule is COC(C)CC(NN)c1ccc(F)cc1. The van der Waals surface area contributed by atoms with Crippen molar-refractivity contribution in [3.63, 3.8) is 0 Å². The number of rotatable bonds is 5. The molecule has 3 nitrogen and oxygen atoms in total. The van der Waals surface area contributed by atoms with Crippen molar-refractivity contribution < 1.29 is 9.13 Å². The molecule has 2 atom stereocenters. The Morgan fingerprint density at radius 2 is 2.00 bits per heavy atom.